The molecule has 0 spiro atoms. The van der Waals surface area contributed by atoms with Gasteiger partial charge >= 0.3 is 5.97 Å². The summed E-state index contributed by atoms with van der Waals surface area (Å²) in [5, 5.41) is 8.78. The van der Waals surface area contributed by atoms with E-state index >= 15 is 0 Å². The molecule has 0 fully saturated rings. The van der Waals surface area contributed by atoms with Gasteiger partial charge in [0, 0.05) is 19.5 Å². The molecule has 0 saturated heterocycles. The SMILES string of the molecule is CCCC(CC(=O)O)C1=NCCN1C. The highest BCUT2D eigenvalue weighted by atomic mass is 16.4. The Morgan fingerprint density at radius 2 is 2.43 bits per heavy atom. The number of rotatable bonds is 5. The lowest BCUT2D eigenvalue weighted by Crippen LogP contribution is -2.31. The van der Waals surface area contributed by atoms with Gasteiger partial charge in [0.15, 0.2) is 0 Å². The number of carbonyl (C=O) groups is 1. The van der Waals surface area contributed by atoms with Gasteiger partial charge in [-0.1, -0.05) is 13.3 Å². The first-order chi connectivity index (χ1) is 6.65. The van der Waals surface area contributed by atoms with E-state index in [0.717, 1.165) is 31.8 Å². The van der Waals surface area contributed by atoms with E-state index in [4.69, 9.17) is 5.11 Å². The molecule has 0 aromatic heterocycles. The molecule has 1 unspecified atom stereocenters. The van der Waals surface area contributed by atoms with Crippen molar-refractivity contribution in [3.63, 3.8) is 0 Å². The fourth-order valence-corrected chi connectivity index (χ4v) is 1.87. The maximum atomic E-state index is 10.7. The fraction of sp³-hybridized carbons (Fsp3) is 0.800. The molecule has 14 heavy (non-hydrogen) atoms. The predicted molar refractivity (Wildman–Crippen MR) is 55.6 cm³/mol. The molecular formula is C10H18N2O2. The lowest BCUT2D eigenvalue weighted by Gasteiger charge is -2.21. The summed E-state index contributed by atoms with van der Waals surface area (Å²) in [6.45, 7) is 3.81. The van der Waals surface area contributed by atoms with Crippen LogP contribution >= 0.6 is 0 Å². The highest BCUT2D eigenvalue weighted by Crippen LogP contribution is 2.18. The molecule has 0 aromatic rings. The minimum Gasteiger partial charge on any atom is -0.481 e. The average Bonchev–Trinajstić information content (AvgIpc) is 2.50. The summed E-state index contributed by atoms with van der Waals surface area (Å²) in [6.07, 6.45) is 2.12. The molecule has 0 radical (unpaired) electrons. The quantitative estimate of drug-likeness (QED) is 0.722. The third-order valence-electron chi connectivity index (χ3n) is 2.52. The van der Waals surface area contributed by atoms with Crippen molar-refractivity contribution in [2.45, 2.75) is 26.2 Å². The molecule has 1 aliphatic rings. The number of hydrogen-bond donors (Lipinski definition) is 1. The molecule has 1 aliphatic heterocycles. The predicted octanol–water partition coefficient (Wildman–Crippen LogP) is 1.22. The van der Waals surface area contributed by atoms with Gasteiger partial charge in [0.25, 0.3) is 0 Å². The van der Waals surface area contributed by atoms with Gasteiger partial charge in [0.05, 0.1) is 13.0 Å². The third-order valence-corrected chi connectivity index (χ3v) is 2.52. The summed E-state index contributed by atoms with van der Waals surface area (Å²) in [6, 6.07) is 0. The van der Waals surface area contributed by atoms with Crippen LogP contribution in [0.15, 0.2) is 4.99 Å². The first kappa shape index (κ1) is 11.0. The van der Waals surface area contributed by atoms with E-state index in [1.165, 1.54) is 0 Å². The maximum Gasteiger partial charge on any atom is 0.304 e. The van der Waals surface area contributed by atoms with Crippen molar-refractivity contribution in [1.82, 2.24) is 4.90 Å². The summed E-state index contributed by atoms with van der Waals surface area (Å²) < 4.78 is 0. The third kappa shape index (κ3) is 2.72. The number of likely N-dealkylation sites (N-methyl/N-ethyl adjacent to an activating group) is 1. The smallest absolute Gasteiger partial charge is 0.304 e. The molecule has 1 heterocycles. The Balaban J connectivity index is 2.61. The normalized spacial score (nSPS) is 18.1. The molecule has 0 bridgehead atoms. The van der Waals surface area contributed by atoms with E-state index in [2.05, 4.69) is 16.8 Å². The van der Waals surface area contributed by atoms with Crippen LogP contribution in [0.1, 0.15) is 26.2 Å². The summed E-state index contributed by atoms with van der Waals surface area (Å²) in [5.41, 5.74) is 0. The number of nitrogens with zero attached hydrogens (tertiary/aromatic N) is 2. The van der Waals surface area contributed by atoms with Crippen molar-refractivity contribution >= 4 is 11.8 Å². The molecular weight excluding hydrogens is 180 g/mol. The van der Waals surface area contributed by atoms with Gasteiger partial charge in [-0.05, 0) is 6.42 Å². The van der Waals surface area contributed by atoms with E-state index in [1.54, 1.807) is 0 Å². The Morgan fingerprint density at radius 3 is 2.86 bits per heavy atom. The van der Waals surface area contributed by atoms with Crippen LogP contribution in [0.25, 0.3) is 0 Å². The van der Waals surface area contributed by atoms with Crippen LogP contribution < -0.4 is 0 Å². The van der Waals surface area contributed by atoms with E-state index in [9.17, 15) is 4.79 Å². The Hall–Kier alpha value is -1.06. The maximum absolute atomic E-state index is 10.7. The standard InChI is InChI=1S/C10H18N2O2/c1-3-4-8(7-9(13)14)10-11-5-6-12(10)2/h8H,3-7H2,1-2H3,(H,13,14). The lowest BCUT2D eigenvalue weighted by atomic mass is 9.98. The Kier molecular flexibility index (Phi) is 3.92. The van der Waals surface area contributed by atoms with Crippen molar-refractivity contribution in [2.24, 2.45) is 10.9 Å². The molecule has 1 N–H and O–H groups in total. The van der Waals surface area contributed by atoms with Crippen molar-refractivity contribution in [3.8, 4) is 0 Å². The van der Waals surface area contributed by atoms with Crippen molar-refractivity contribution in [1.29, 1.82) is 0 Å². The van der Waals surface area contributed by atoms with Crippen molar-refractivity contribution in [2.75, 3.05) is 20.1 Å². The molecule has 80 valence electrons. The largest absolute Gasteiger partial charge is 0.481 e. The second-order valence-corrected chi connectivity index (χ2v) is 3.74. The zero-order valence-electron chi connectivity index (χ0n) is 8.86. The molecule has 4 nitrogen and oxygen atoms in total. The zero-order chi connectivity index (χ0) is 10.6. The van der Waals surface area contributed by atoms with Gasteiger partial charge in [-0.25, -0.2) is 0 Å². The highest BCUT2D eigenvalue weighted by Gasteiger charge is 2.24. The Bertz CT molecular complexity index is 238. The first-order valence-corrected chi connectivity index (χ1v) is 5.12. The summed E-state index contributed by atoms with van der Waals surface area (Å²) in [5.74, 6) is 0.353. The van der Waals surface area contributed by atoms with Crippen LogP contribution in [0.5, 0.6) is 0 Å². The minimum absolute atomic E-state index is 0.102. The molecule has 0 aromatic carbocycles. The number of hydrogen-bond acceptors (Lipinski definition) is 3. The zero-order valence-corrected chi connectivity index (χ0v) is 8.86. The topological polar surface area (TPSA) is 52.9 Å². The molecule has 1 atom stereocenters. The van der Waals surface area contributed by atoms with E-state index in [1.807, 2.05) is 7.05 Å². The van der Waals surface area contributed by atoms with E-state index < -0.39 is 5.97 Å². The molecule has 1 rings (SSSR count). The number of carboxylic acid groups (broad SMARTS) is 1. The van der Waals surface area contributed by atoms with Crippen LogP contribution in [0.4, 0.5) is 0 Å². The second kappa shape index (κ2) is 4.98. The van der Waals surface area contributed by atoms with Gasteiger partial charge in [0.2, 0.25) is 0 Å². The van der Waals surface area contributed by atoms with Crippen molar-refractivity contribution in [3.05, 3.63) is 0 Å². The monoisotopic (exact) mass is 198 g/mol. The number of aliphatic imine (C=N–C) groups is 1. The highest BCUT2D eigenvalue weighted by molar-refractivity contribution is 5.88. The van der Waals surface area contributed by atoms with Gasteiger partial charge in [-0.15, -0.1) is 0 Å². The summed E-state index contributed by atoms with van der Waals surface area (Å²) in [7, 11) is 1.98. The van der Waals surface area contributed by atoms with Gasteiger partial charge in [-0.3, -0.25) is 9.79 Å². The molecule has 0 aliphatic carbocycles. The summed E-state index contributed by atoms with van der Waals surface area (Å²) in [4.78, 5) is 17.1. The second-order valence-electron chi connectivity index (χ2n) is 3.74. The van der Waals surface area contributed by atoms with Gasteiger partial charge in [-0.2, -0.15) is 0 Å². The van der Waals surface area contributed by atoms with Crippen molar-refractivity contribution < 1.29 is 9.90 Å². The average molecular weight is 198 g/mol. The van der Waals surface area contributed by atoms with Crippen LogP contribution in [-0.4, -0.2) is 41.9 Å². The number of amidine groups is 1. The molecule has 0 amide bonds. The first-order valence-electron chi connectivity index (χ1n) is 5.12. The molecule has 4 heteroatoms. The van der Waals surface area contributed by atoms with Crippen LogP contribution in [0, 0.1) is 5.92 Å². The van der Waals surface area contributed by atoms with E-state index in [-0.39, 0.29) is 12.3 Å². The minimum atomic E-state index is -0.730. The van der Waals surface area contributed by atoms with Crippen LogP contribution in [-0.2, 0) is 4.79 Å². The summed E-state index contributed by atoms with van der Waals surface area (Å²) >= 11 is 0. The fourth-order valence-electron chi connectivity index (χ4n) is 1.87. The lowest BCUT2D eigenvalue weighted by molar-refractivity contribution is -0.137. The number of carboxylic acids is 1. The van der Waals surface area contributed by atoms with Crippen LogP contribution in [0.2, 0.25) is 0 Å². The number of aliphatic carboxylic acids is 1. The Labute approximate surface area is 84.6 Å². The molecule has 0 saturated carbocycles. The van der Waals surface area contributed by atoms with E-state index in [0.29, 0.717) is 0 Å². The van der Waals surface area contributed by atoms with Gasteiger partial charge < -0.3 is 10.0 Å². The Morgan fingerprint density at radius 1 is 1.71 bits per heavy atom. The van der Waals surface area contributed by atoms with Gasteiger partial charge in [0.1, 0.15) is 5.84 Å². The van der Waals surface area contributed by atoms with Crippen LogP contribution in [0.3, 0.4) is 0 Å².